The predicted octanol–water partition coefficient (Wildman–Crippen LogP) is 1.99. The summed E-state index contributed by atoms with van der Waals surface area (Å²) in [6.07, 6.45) is 3.13. The fraction of sp³-hybridized carbons (Fsp3) is 0.400. The molecule has 1 aromatic heterocycles. The van der Waals surface area contributed by atoms with Crippen molar-refractivity contribution in [3.8, 4) is 11.8 Å². The normalized spacial score (nSPS) is 9.69. The van der Waals surface area contributed by atoms with Crippen molar-refractivity contribution in [1.82, 2.24) is 4.98 Å². The molecule has 0 N–H and O–H groups in total. The molecule has 68 valence electrons. The van der Waals surface area contributed by atoms with E-state index in [2.05, 4.69) is 18.8 Å². The van der Waals surface area contributed by atoms with Crippen molar-refractivity contribution in [3.05, 3.63) is 24.0 Å². The lowest BCUT2D eigenvalue weighted by Gasteiger charge is -2.08. The number of nitriles is 1. The van der Waals surface area contributed by atoms with Crippen LogP contribution in [0.3, 0.4) is 0 Å². The molecule has 3 nitrogen and oxygen atoms in total. The van der Waals surface area contributed by atoms with Crippen LogP contribution in [0.5, 0.6) is 5.75 Å². The second-order valence-corrected chi connectivity index (χ2v) is 3.19. The van der Waals surface area contributed by atoms with Gasteiger partial charge in [0.15, 0.2) is 0 Å². The number of hydrogen-bond acceptors (Lipinski definition) is 3. The maximum atomic E-state index is 8.71. The van der Waals surface area contributed by atoms with Crippen LogP contribution >= 0.6 is 0 Å². The van der Waals surface area contributed by atoms with Crippen molar-refractivity contribution < 1.29 is 4.74 Å². The van der Waals surface area contributed by atoms with Gasteiger partial charge in [-0.3, -0.25) is 4.98 Å². The molecule has 0 spiro atoms. The SMILES string of the molecule is CC(C)COc1ccncc1C#N. The first-order valence-electron chi connectivity index (χ1n) is 4.21. The molecule has 0 atom stereocenters. The minimum absolute atomic E-state index is 0.458. The predicted molar refractivity (Wildman–Crippen MR) is 49.3 cm³/mol. The molecule has 13 heavy (non-hydrogen) atoms. The molecule has 0 aliphatic carbocycles. The lowest BCUT2D eigenvalue weighted by Crippen LogP contribution is -2.05. The molecule has 0 amide bonds. The molecule has 0 aliphatic heterocycles. The van der Waals surface area contributed by atoms with Crippen molar-refractivity contribution in [1.29, 1.82) is 5.26 Å². The first kappa shape index (κ1) is 9.53. The molecule has 3 heteroatoms. The summed E-state index contributed by atoms with van der Waals surface area (Å²) in [5, 5.41) is 8.71. The summed E-state index contributed by atoms with van der Waals surface area (Å²) >= 11 is 0. The van der Waals surface area contributed by atoms with Crippen LogP contribution in [0.15, 0.2) is 18.5 Å². The van der Waals surface area contributed by atoms with Crippen molar-refractivity contribution in [2.75, 3.05) is 6.61 Å². The minimum Gasteiger partial charge on any atom is -0.492 e. The molecule has 0 aromatic carbocycles. The molecule has 0 radical (unpaired) electrons. The maximum absolute atomic E-state index is 8.71. The Hall–Kier alpha value is -1.56. The molecular formula is C10H12N2O. The Balaban J connectivity index is 2.71. The van der Waals surface area contributed by atoms with Gasteiger partial charge in [-0.2, -0.15) is 5.26 Å². The van der Waals surface area contributed by atoms with Crippen LogP contribution in [-0.2, 0) is 0 Å². The molecule has 1 rings (SSSR count). The number of nitrogens with zero attached hydrogens (tertiary/aromatic N) is 2. The zero-order chi connectivity index (χ0) is 9.68. The minimum atomic E-state index is 0.458. The summed E-state index contributed by atoms with van der Waals surface area (Å²) in [6.45, 7) is 4.75. The van der Waals surface area contributed by atoms with Crippen molar-refractivity contribution in [2.24, 2.45) is 5.92 Å². The zero-order valence-corrected chi connectivity index (χ0v) is 7.82. The molecule has 0 bridgehead atoms. The number of ether oxygens (including phenoxy) is 1. The van der Waals surface area contributed by atoms with E-state index >= 15 is 0 Å². The number of rotatable bonds is 3. The van der Waals surface area contributed by atoms with E-state index in [-0.39, 0.29) is 0 Å². The first-order valence-corrected chi connectivity index (χ1v) is 4.21. The standard InChI is InChI=1S/C10H12N2O/c1-8(2)7-13-10-3-4-12-6-9(10)5-11/h3-4,6,8H,7H2,1-2H3. The average molecular weight is 176 g/mol. The molecule has 1 heterocycles. The van der Waals surface area contributed by atoms with Gasteiger partial charge < -0.3 is 4.74 Å². The Morgan fingerprint density at radius 3 is 3.00 bits per heavy atom. The van der Waals surface area contributed by atoms with Crippen molar-refractivity contribution >= 4 is 0 Å². The van der Waals surface area contributed by atoms with Crippen LogP contribution in [0.2, 0.25) is 0 Å². The lowest BCUT2D eigenvalue weighted by atomic mass is 10.2. The van der Waals surface area contributed by atoms with Crippen molar-refractivity contribution in [3.63, 3.8) is 0 Å². The average Bonchev–Trinajstić information content (AvgIpc) is 2.15. The quantitative estimate of drug-likeness (QED) is 0.707. The summed E-state index contributed by atoms with van der Waals surface area (Å²) < 4.78 is 5.43. The van der Waals surface area contributed by atoms with Crippen LogP contribution < -0.4 is 4.74 Å². The Labute approximate surface area is 78.0 Å². The number of pyridine rings is 1. The van der Waals surface area contributed by atoms with Crippen molar-refractivity contribution in [2.45, 2.75) is 13.8 Å². The van der Waals surface area contributed by atoms with Gasteiger partial charge in [-0.1, -0.05) is 13.8 Å². The van der Waals surface area contributed by atoms with E-state index in [9.17, 15) is 0 Å². The molecule has 1 aromatic rings. The van der Waals surface area contributed by atoms with Gasteiger partial charge in [0.1, 0.15) is 17.4 Å². The summed E-state index contributed by atoms with van der Waals surface area (Å²) in [6, 6.07) is 3.74. The van der Waals surface area contributed by atoms with Gasteiger partial charge in [-0.05, 0) is 12.0 Å². The molecular weight excluding hydrogens is 164 g/mol. The summed E-state index contributed by atoms with van der Waals surface area (Å²) in [7, 11) is 0. The Morgan fingerprint density at radius 1 is 1.62 bits per heavy atom. The van der Waals surface area contributed by atoms with Crippen LogP contribution in [0.1, 0.15) is 19.4 Å². The largest absolute Gasteiger partial charge is 0.492 e. The number of hydrogen-bond donors (Lipinski definition) is 0. The van der Waals surface area contributed by atoms with Crippen LogP contribution in [0.4, 0.5) is 0 Å². The molecule has 0 aliphatic rings. The highest BCUT2D eigenvalue weighted by molar-refractivity contribution is 5.39. The van der Waals surface area contributed by atoms with E-state index in [1.807, 2.05) is 6.07 Å². The van der Waals surface area contributed by atoms with E-state index in [4.69, 9.17) is 10.00 Å². The second kappa shape index (κ2) is 4.46. The van der Waals surface area contributed by atoms with E-state index in [0.29, 0.717) is 23.8 Å². The van der Waals surface area contributed by atoms with E-state index in [1.54, 1.807) is 12.3 Å². The van der Waals surface area contributed by atoms with Gasteiger partial charge in [-0.15, -0.1) is 0 Å². The lowest BCUT2D eigenvalue weighted by molar-refractivity contribution is 0.270. The highest BCUT2D eigenvalue weighted by Gasteiger charge is 2.02. The number of aromatic nitrogens is 1. The fourth-order valence-corrected chi connectivity index (χ4v) is 0.848. The summed E-state index contributed by atoms with van der Waals surface area (Å²) in [5.41, 5.74) is 0.489. The highest BCUT2D eigenvalue weighted by Crippen LogP contribution is 2.15. The summed E-state index contributed by atoms with van der Waals surface area (Å²) in [5.74, 6) is 1.07. The molecule has 0 saturated carbocycles. The van der Waals surface area contributed by atoms with Gasteiger partial charge in [0.25, 0.3) is 0 Å². The van der Waals surface area contributed by atoms with Crippen LogP contribution in [0, 0.1) is 17.2 Å². The van der Waals surface area contributed by atoms with Gasteiger partial charge in [0.2, 0.25) is 0 Å². The van der Waals surface area contributed by atoms with Gasteiger partial charge in [-0.25, -0.2) is 0 Å². The Kier molecular flexibility index (Phi) is 3.27. The van der Waals surface area contributed by atoms with Gasteiger partial charge in [0.05, 0.1) is 6.61 Å². The third-order valence-corrected chi connectivity index (χ3v) is 1.47. The van der Waals surface area contributed by atoms with Gasteiger partial charge >= 0.3 is 0 Å². The van der Waals surface area contributed by atoms with E-state index in [0.717, 1.165) is 0 Å². The topological polar surface area (TPSA) is 45.9 Å². The first-order chi connectivity index (χ1) is 6.24. The highest BCUT2D eigenvalue weighted by atomic mass is 16.5. The second-order valence-electron chi connectivity index (χ2n) is 3.19. The van der Waals surface area contributed by atoms with E-state index < -0.39 is 0 Å². The maximum Gasteiger partial charge on any atom is 0.140 e. The smallest absolute Gasteiger partial charge is 0.140 e. The summed E-state index contributed by atoms with van der Waals surface area (Å²) in [4.78, 5) is 3.84. The van der Waals surface area contributed by atoms with Crippen LogP contribution in [0.25, 0.3) is 0 Å². The van der Waals surface area contributed by atoms with E-state index in [1.165, 1.54) is 6.20 Å². The van der Waals surface area contributed by atoms with Gasteiger partial charge in [0, 0.05) is 12.4 Å². The molecule has 0 saturated heterocycles. The third-order valence-electron chi connectivity index (χ3n) is 1.47. The Bertz CT molecular complexity index is 315. The molecule has 0 fully saturated rings. The fourth-order valence-electron chi connectivity index (χ4n) is 0.848. The molecule has 0 unspecified atom stereocenters. The Morgan fingerprint density at radius 2 is 2.38 bits per heavy atom. The monoisotopic (exact) mass is 176 g/mol. The zero-order valence-electron chi connectivity index (χ0n) is 7.82. The van der Waals surface area contributed by atoms with Crippen LogP contribution in [-0.4, -0.2) is 11.6 Å². The third kappa shape index (κ3) is 2.75.